The highest BCUT2D eigenvalue weighted by Crippen LogP contribution is 1.88. The molecule has 0 aliphatic carbocycles. The molecule has 0 amide bonds. The van der Waals surface area contributed by atoms with Gasteiger partial charge in [0.25, 0.3) is 0 Å². The first-order valence-corrected chi connectivity index (χ1v) is 6.73. The lowest BCUT2D eigenvalue weighted by Crippen LogP contribution is -2.30. The van der Waals surface area contributed by atoms with Crippen molar-refractivity contribution in [3.63, 3.8) is 0 Å². The minimum absolute atomic E-state index is 1.09. The van der Waals surface area contributed by atoms with Crippen molar-refractivity contribution in [2.24, 2.45) is 0 Å². The van der Waals surface area contributed by atoms with E-state index in [0.29, 0.717) is 0 Å². The second-order valence-corrected chi connectivity index (χ2v) is 3.55. The van der Waals surface area contributed by atoms with Crippen LogP contribution in [-0.4, -0.2) is 34.1 Å². The van der Waals surface area contributed by atoms with Crippen molar-refractivity contribution in [3.05, 3.63) is 0 Å². The van der Waals surface area contributed by atoms with Crippen LogP contribution in [0.2, 0.25) is 0 Å². The van der Waals surface area contributed by atoms with Gasteiger partial charge in [-0.25, -0.2) is 0 Å². The van der Waals surface area contributed by atoms with Crippen LogP contribution in [0.1, 0.15) is 13.8 Å². The molecule has 1 N–H and O–H groups in total. The van der Waals surface area contributed by atoms with E-state index in [2.05, 4.69) is 34.7 Å². The van der Waals surface area contributed by atoms with Crippen LogP contribution in [0.5, 0.6) is 0 Å². The summed E-state index contributed by atoms with van der Waals surface area (Å²) in [4.78, 5) is 2.38. The first-order chi connectivity index (χ1) is 5.58. The van der Waals surface area contributed by atoms with E-state index in [1.807, 2.05) is 0 Å². The SMILES string of the molecule is CCN(CC)CCBr.[O-][Br+2]([O-])O. The highest BCUT2D eigenvalue weighted by atomic mass is 80.0. The Hall–Kier alpha value is 0.800. The highest BCUT2D eigenvalue weighted by molar-refractivity contribution is 9.09. The highest BCUT2D eigenvalue weighted by Gasteiger charge is 1.93. The van der Waals surface area contributed by atoms with Crippen molar-refractivity contribution in [1.82, 2.24) is 4.90 Å². The second kappa shape index (κ2) is 11.8. The van der Waals surface area contributed by atoms with Crippen LogP contribution in [0.15, 0.2) is 0 Å². The number of alkyl halides is 1. The summed E-state index contributed by atoms with van der Waals surface area (Å²) in [5, 5.41) is 1.09. The molecule has 4 nitrogen and oxygen atoms in total. The Balaban J connectivity index is 0. The maximum absolute atomic E-state index is 8.63. The summed E-state index contributed by atoms with van der Waals surface area (Å²) < 4.78 is 24.3. The van der Waals surface area contributed by atoms with E-state index < -0.39 is 14.8 Å². The molecule has 0 bridgehead atoms. The van der Waals surface area contributed by atoms with Crippen molar-refractivity contribution in [3.8, 4) is 0 Å². The Bertz CT molecular complexity index is 78.4. The van der Waals surface area contributed by atoms with Crippen LogP contribution in [0.4, 0.5) is 0 Å². The van der Waals surface area contributed by atoms with Gasteiger partial charge >= 0.3 is 14.8 Å². The predicted molar refractivity (Wildman–Crippen MR) is 43.8 cm³/mol. The Morgan fingerprint density at radius 3 is 1.75 bits per heavy atom. The lowest BCUT2D eigenvalue weighted by atomic mass is 10.5. The summed E-state index contributed by atoms with van der Waals surface area (Å²) in [5.74, 6) is 0. The largest absolute Gasteiger partial charge is 0.433 e. The number of hydrogen-bond donors (Lipinski definition) is 1. The topological polar surface area (TPSA) is 69.6 Å². The number of rotatable bonds is 4. The number of nitrogens with zero attached hydrogens (tertiary/aromatic N) is 1. The van der Waals surface area contributed by atoms with Crippen LogP contribution >= 0.6 is 15.9 Å². The van der Waals surface area contributed by atoms with E-state index in [9.17, 15) is 0 Å². The lowest BCUT2D eigenvalue weighted by molar-refractivity contribution is -1.63. The normalized spacial score (nSPS) is 10.0. The lowest BCUT2D eigenvalue weighted by Gasteiger charge is -2.15. The zero-order chi connectivity index (χ0) is 9.98. The molecule has 0 unspecified atom stereocenters. The molecule has 0 aromatic carbocycles. The van der Waals surface area contributed by atoms with Gasteiger partial charge in [0.1, 0.15) is 0 Å². The molecule has 0 aliphatic rings. The molecule has 0 aromatic rings. The molecule has 0 atom stereocenters. The first kappa shape index (κ1) is 15.3. The predicted octanol–water partition coefficient (Wildman–Crippen LogP) is -1.21. The zero-order valence-corrected chi connectivity index (χ0v) is 10.5. The van der Waals surface area contributed by atoms with E-state index in [0.717, 1.165) is 5.33 Å². The Labute approximate surface area is 87.1 Å². The zero-order valence-electron chi connectivity index (χ0n) is 7.30. The second-order valence-electron chi connectivity index (χ2n) is 1.92. The van der Waals surface area contributed by atoms with Crippen molar-refractivity contribution < 1.29 is 27.4 Å². The molecule has 6 heteroatoms. The summed E-state index contributed by atoms with van der Waals surface area (Å²) in [6.07, 6.45) is 0. The van der Waals surface area contributed by atoms with Crippen molar-refractivity contribution in [2.45, 2.75) is 13.8 Å². The standard InChI is InChI=1S/C6H14BrN.BrHO3/c1-3-8(4-2)6-5-7;2-1(3)4/h3-6H2,1-2H3;2H. The van der Waals surface area contributed by atoms with Crippen LogP contribution in [0, 0.1) is 14.8 Å². The van der Waals surface area contributed by atoms with E-state index in [4.69, 9.17) is 12.6 Å². The minimum Gasteiger partial charge on any atom is -0.372 e. The van der Waals surface area contributed by atoms with Gasteiger partial charge in [-0.2, -0.15) is 0 Å². The van der Waals surface area contributed by atoms with Gasteiger partial charge in [-0.05, 0) is 17.3 Å². The molecule has 76 valence electrons. The van der Waals surface area contributed by atoms with Gasteiger partial charge in [0.15, 0.2) is 0 Å². The first-order valence-electron chi connectivity index (χ1n) is 3.61. The molecule has 0 saturated heterocycles. The minimum atomic E-state index is -3.40. The maximum atomic E-state index is 8.63. The monoisotopic (exact) mass is 307 g/mol. The summed E-state index contributed by atoms with van der Waals surface area (Å²) in [6, 6.07) is 0. The third kappa shape index (κ3) is 17.0. The van der Waals surface area contributed by atoms with Gasteiger partial charge in [0.05, 0.1) is 0 Å². The van der Waals surface area contributed by atoms with Crippen molar-refractivity contribution in [2.75, 3.05) is 25.0 Å². The molecule has 0 fully saturated rings. The number of hydrogen-bond acceptors (Lipinski definition) is 4. The van der Waals surface area contributed by atoms with Crippen LogP contribution < -0.4 is 8.40 Å². The molecular weight excluding hydrogens is 294 g/mol. The van der Waals surface area contributed by atoms with Crippen molar-refractivity contribution in [1.29, 1.82) is 0 Å². The Morgan fingerprint density at radius 2 is 1.67 bits per heavy atom. The molecule has 0 saturated carbocycles. The molecule has 0 aliphatic heterocycles. The van der Waals surface area contributed by atoms with Crippen LogP contribution in [0.3, 0.4) is 0 Å². The average Bonchev–Trinajstić information content (AvgIpc) is 1.99. The maximum Gasteiger partial charge on any atom is 0.433 e. The molecule has 12 heavy (non-hydrogen) atoms. The van der Waals surface area contributed by atoms with Gasteiger partial charge in [-0.1, -0.05) is 29.8 Å². The van der Waals surface area contributed by atoms with Gasteiger partial charge in [-0.3, -0.25) is 0 Å². The third-order valence-corrected chi connectivity index (χ3v) is 1.65. The summed E-state index contributed by atoms with van der Waals surface area (Å²) in [7, 11) is 0. The van der Waals surface area contributed by atoms with Crippen LogP contribution in [-0.2, 0) is 0 Å². The molecule has 0 aromatic heterocycles. The van der Waals surface area contributed by atoms with Gasteiger partial charge < -0.3 is 13.3 Å². The molecule has 0 spiro atoms. The third-order valence-electron chi connectivity index (χ3n) is 1.30. The Kier molecular flexibility index (Phi) is 15.0. The molecule has 0 radical (unpaired) electrons. The van der Waals surface area contributed by atoms with Crippen LogP contribution in [0.25, 0.3) is 0 Å². The van der Waals surface area contributed by atoms with Gasteiger partial charge in [0.2, 0.25) is 0 Å². The fraction of sp³-hybridized carbons (Fsp3) is 1.00. The summed E-state index contributed by atoms with van der Waals surface area (Å²) >= 11 is -0.00590. The summed E-state index contributed by atoms with van der Waals surface area (Å²) in [6.45, 7) is 7.88. The smallest absolute Gasteiger partial charge is 0.372 e. The Morgan fingerprint density at radius 1 is 1.33 bits per heavy atom. The fourth-order valence-corrected chi connectivity index (χ4v) is 1.16. The fourth-order valence-electron chi connectivity index (χ4n) is 0.659. The molecule has 0 heterocycles. The quantitative estimate of drug-likeness (QED) is 0.662. The van der Waals surface area contributed by atoms with E-state index >= 15 is 0 Å². The average molecular weight is 309 g/mol. The van der Waals surface area contributed by atoms with E-state index in [-0.39, 0.29) is 0 Å². The molecule has 0 rings (SSSR count). The van der Waals surface area contributed by atoms with Crippen molar-refractivity contribution >= 4 is 15.9 Å². The van der Waals surface area contributed by atoms with E-state index in [1.165, 1.54) is 19.6 Å². The summed E-state index contributed by atoms with van der Waals surface area (Å²) in [5.41, 5.74) is 0. The van der Waals surface area contributed by atoms with Gasteiger partial charge in [-0.15, -0.1) is 0 Å². The number of halogens is 2. The molecular formula is C6H15Br2NO3. The van der Waals surface area contributed by atoms with Gasteiger partial charge in [0, 0.05) is 11.9 Å². The van der Waals surface area contributed by atoms with E-state index in [1.54, 1.807) is 0 Å².